The lowest BCUT2D eigenvalue weighted by Gasteiger charge is -2.63. The molecule has 9 rings (SSSR count). The minimum Gasteiger partial charge on any atom is -0.496 e. The van der Waals surface area contributed by atoms with Crippen LogP contribution in [0, 0.1) is 11.3 Å². The third-order valence-electron chi connectivity index (χ3n) is 19.0. The molecule has 1 aromatic heterocycles. The van der Waals surface area contributed by atoms with Crippen LogP contribution in [0.25, 0.3) is 10.9 Å². The molecule has 3 N–H and O–H groups in total. The van der Waals surface area contributed by atoms with Gasteiger partial charge in [0.15, 0.2) is 6.10 Å². The average Bonchev–Trinajstić information content (AvgIpc) is 4.13. The second kappa shape index (κ2) is 24.1. The number of ether oxygens (including phenoxy) is 5. The van der Waals surface area contributed by atoms with Crippen molar-refractivity contribution in [2.24, 2.45) is 11.3 Å². The molecule has 2 bridgehead atoms. The fourth-order valence-corrected chi connectivity index (χ4v) is 15.6. The average molecular weight is 1080 g/mol. The van der Waals surface area contributed by atoms with Crippen molar-refractivity contribution in [3.8, 4) is 5.75 Å². The minimum atomic E-state index is -2.63. The summed E-state index contributed by atoms with van der Waals surface area (Å²) in [5.74, 6) is -1.45. The number of carbonyl (C=O) groups excluding carboxylic acids is 4. The van der Waals surface area contributed by atoms with Gasteiger partial charge in [-0.3, -0.25) is 19.4 Å². The Morgan fingerprint density at radius 3 is 2.26 bits per heavy atom. The van der Waals surface area contributed by atoms with Gasteiger partial charge < -0.3 is 43.8 Å². The lowest BCUT2D eigenvalue weighted by atomic mass is 9.47. The highest BCUT2D eigenvalue weighted by Gasteiger charge is 2.81. The number of allylic oxidation sites excluding steroid dienone is 4. The smallest absolute Gasteiger partial charge is 0.496 e. The summed E-state index contributed by atoms with van der Waals surface area (Å²) in [6.07, 6.45) is 26.4. The van der Waals surface area contributed by atoms with Gasteiger partial charge in [0.25, 0.3) is 0 Å². The number of rotatable bonds is 23. The molecular formula is C63H86N4O11. The van der Waals surface area contributed by atoms with Gasteiger partial charge in [0.1, 0.15) is 11.2 Å². The molecule has 5 aliphatic heterocycles. The number of para-hydroxylation sites is 1. The normalized spacial score (nSPS) is 31.0. The quantitative estimate of drug-likeness (QED) is 0.0269. The number of esters is 2. The first kappa shape index (κ1) is 57.2. The Bertz CT molecular complexity index is 2740. The number of carbonyl (C=O) groups is 4. The SMILES string of the molecule is CCCCC/C=C\C/C=C\CCCCCCCCOC(=O)O[C@@H]1[C@]2(CC)C=CCN3CC[C@@]4(c5cc([C@@]6(C(=O)OC)CC7CN(CCc8c6[nH]c6ccccc86)C[C@](O)(CC)C7)c(OC)cc5N(C=O)[C@H]4[C@@]1(O)C(=O)OC)[C@@H]32. The summed E-state index contributed by atoms with van der Waals surface area (Å²) >= 11 is 0. The third kappa shape index (κ3) is 9.90. The van der Waals surface area contributed by atoms with Crippen LogP contribution in [0.4, 0.5) is 10.5 Å². The number of aromatic nitrogens is 1. The molecule has 1 spiro atoms. The van der Waals surface area contributed by atoms with Crippen LogP contribution < -0.4 is 9.64 Å². The van der Waals surface area contributed by atoms with Crippen molar-refractivity contribution in [1.82, 2.24) is 14.8 Å². The summed E-state index contributed by atoms with van der Waals surface area (Å²) in [6.45, 7) is 9.17. The fourth-order valence-electron chi connectivity index (χ4n) is 15.6. The predicted octanol–water partition coefficient (Wildman–Crippen LogP) is 9.92. The van der Waals surface area contributed by atoms with Gasteiger partial charge in [-0.2, -0.15) is 0 Å². The lowest BCUT2D eigenvalue weighted by molar-refractivity contribution is -0.221. The molecule has 15 heteroatoms. The Morgan fingerprint density at radius 2 is 1.55 bits per heavy atom. The number of aromatic amines is 1. The summed E-state index contributed by atoms with van der Waals surface area (Å²) < 4.78 is 30.1. The molecule has 3 aromatic rings. The number of nitrogens with one attached hydrogen (secondary N) is 1. The second-order valence-corrected chi connectivity index (χ2v) is 23.3. The number of nitrogens with zero attached hydrogens (tertiary/aromatic N) is 3. The molecule has 6 heterocycles. The van der Waals surface area contributed by atoms with E-state index in [9.17, 15) is 24.6 Å². The van der Waals surface area contributed by atoms with Crippen LogP contribution in [0.3, 0.4) is 0 Å². The van der Waals surface area contributed by atoms with Gasteiger partial charge in [0.2, 0.25) is 12.0 Å². The zero-order chi connectivity index (χ0) is 55.3. The Kier molecular flexibility index (Phi) is 17.7. The number of H-pyrrole nitrogens is 1. The number of benzene rings is 2. The highest BCUT2D eigenvalue weighted by molar-refractivity contribution is 5.96. The van der Waals surface area contributed by atoms with Crippen LogP contribution in [-0.4, -0.2) is 140 Å². The van der Waals surface area contributed by atoms with E-state index in [4.69, 9.17) is 23.7 Å². The number of hydrogen-bond donors (Lipinski definition) is 3. The van der Waals surface area contributed by atoms with Crippen LogP contribution in [0.1, 0.15) is 152 Å². The van der Waals surface area contributed by atoms with Gasteiger partial charge >= 0.3 is 18.1 Å². The summed E-state index contributed by atoms with van der Waals surface area (Å²) in [6, 6.07) is 9.88. The molecular weight excluding hydrogens is 989 g/mol. The van der Waals surface area contributed by atoms with E-state index in [1.807, 2.05) is 50.3 Å². The molecule has 0 radical (unpaired) electrons. The molecule has 15 nitrogen and oxygen atoms in total. The van der Waals surface area contributed by atoms with Gasteiger partial charge in [0.05, 0.1) is 45.3 Å². The van der Waals surface area contributed by atoms with Gasteiger partial charge in [-0.25, -0.2) is 9.59 Å². The van der Waals surface area contributed by atoms with E-state index in [1.54, 1.807) is 6.07 Å². The fraction of sp³-hybridized carbons (Fsp3) is 0.619. The molecule has 1 aliphatic carbocycles. The highest BCUT2D eigenvalue weighted by Crippen LogP contribution is 2.68. The van der Waals surface area contributed by atoms with Crippen LogP contribution in [0.15, 0.2) is 72.9 Å². The van der Waals surface area contributed by atoms with E-state index in [0.717, 1.165) is 67.8 Å². The maximum Gasteiger partial charge on any atom is 0.508 e. The van der Waals surface area contributed by atoms with E-state index >= 15 is 4.79 Å². The maximum atomic E-state index is 15.5. The first-order chi connectivity index (χ1) is 37.8. The number of anilines is 1. The molecule has 1 saturated carbocycles. The Balaban J connectivity index is 1.05. The van der Waals surface area contributed by atoms with Crippen molar-refractivity contribution < 1.29 is 53.1 Å². The molecule has 2 aromatic carbocycles. The van der Waals surface area contributed by atoms with E-state index in [1.165, 1.54) is 45.5 Å². The minimum absolute atomic E-state index is 0.0971. The first-order valence-corrected chi connectivity index (χ1v) is 29.3. The van der Waals surface area contributed by atoms with Crippen LogP contribution in [0.2, 0.25) is 0 Å². The molecule has 424 valence electrons. The monoisotopic (exact) mass is 1070 g/mol. The summed E-state index contributed by atoms with van der Waals surface area (Å²) in [4.78, 5) is 68.4. The Morgan fingerprint density at radius 1 is 0.821 bits per heavy atom. The Labute approximate surface area is 461 Å². The maximum absolute atomic E-state index is 15.5. The van der Waals surface area contributed by atoms with Crippen molar-refractivity contribution in [3.05, 3.63) is 95.2 Å². The topological polar surface area (TPSA) is 180 Å². The molecule has 10 atom stereocenters. The van der Waals surface area contributed by atoms with E-state index in [0.29, 0.717) is 106 Å². The van der Waals surface area contributed by atoms with Crippen molar-refractivity contribution in [1.29, 1.82) is 0 Å². The predicted molar refractivity (Wildman–Crippen MR) is 301 cm³/mol. The molecule has 2 unspecified atom stereocenters. The molecule has 6 aliphatic rings. The zero-order valence-electron chi connectivity index (χ0n) is 47.2. The van der Waals surface area contributed by atoms with Crippen molar-refractivity contribution in [2.75, 3.05) is 65.6 Å². The number of piperidine rings is 1. The Hall–Kier alpha value is -5.48. The van der Waals surface area contributed by atoms with Gasteiger partial charge in [0, 0.05) is 71.3 Å². The summed E-state index contributed by atoms with van der Waals surface area (Å²) in [5.41, 5.74) is -3.53. The van der Waals surface area contributed by atoms with E-state index in [2.05, 4.69) is 52.1 Å². The van der Waals surface area contributed by atoms with Crippen LogP contribution in [-0.2, 0) is 50.6 Å². The largest absolute Gasteiger partial charge is 0.508 e. The van der Waals surface area contributed by atoms with Crippen molar-refractivity contribution in [2.45, 2.75) is 177 Å². The number of methoxy groups -OCH3 is 3. The van der Waals surface area contributed by atoms with E-state index < -0.39 is 63.7 Å². The number of fused-ring (bicyclic) bond motifs is 6. The van der Waals surface area contributed by atoms with Gasteiger partial charge in [-0.15, -0.1) is 0 Å². The first-order valence-electron chi connectivity index (χ1n) is 29.3. The van der Waals surface area contributed by atoms with Crippen LogP contribution >= 0.6 is 0 Å². The summed E-state index contributed by atoms with van der Waals surface area (Å²) in [7, 11) is 4.12. The molecule has 2 saturated heterocycles. The number of amides is 1. The molecule has 1 amide bonds. The molecule has 78 heavy (non-hydrogen) atoms. The van der Waals surface area contributed by atoms with E-state index in [-0.39, 0.29) is 18.9 Å². The standard InChI is InChI=1S/C63H86N4O11/c1-7-10-11-12-13-14-15-16-17-18-19-20-21-22-23-26-36-77-58(71)78-55-60(9-3)31-27-33-66-35-32-61(53(60)66)47-37-48(51(74-4)38-50(47)67(43-68)54(61)63(55,73)57(70)76-6)62(56(69)75-5)40-44-39-59(72,8-2)42-65(41-44)34-30-46-45-28-24-25-29-49(45)64-52(46)62/h13-14,16-17,24-25,27-29,31,37-38,43-44,53-55,64,72-73H,7-12,15,18-23,26,30,32-36,39-42H2,1-6H3/b14-13-,17-16-/t44?,53-,54+,55+,59-,60+,61+,62-,63-/m0/s1. The van der Waals surface area contributed by atoms with Crippen molar-refractivity contribution >= 4 is 41.1 Å². The zero-order valence-corrected chi connectivity index (χ0v) is 47.2. The number of hydrogen-bond acceptors (Lipinski definition) is 13. The lowest BCUT2D eigenvalue weighted by Crippen LogP contribution is -2.81. The van der Waals surface area contributed by atoms with Gasteiger partial charge in [-0.1, -0.05) is 114 Å². The van der Waals surface area contributed by atoms with Crippen LogP contribution in [0.5, 0.6) is 5.75 Å². The third-order valence-corrected chi connectivity index (χ3v) is 19.0. The highest BCUT2D eigenvalue weighted by atomic mass is 16.7. The van der Waals surface area contributed by atoms with Gasteiger partial charge in [-0.05, 0) is 113 Å². The second-order valence-electron chi connectivity index (χ2n) is 23.3. The summed E-state index contributed by atoms with van der Waals surface area (Å²) in [5, 5.41) is 26.8. The number of unbranched alkanes of at least 4 members (excludes halogenated alkanes) is 9. The molecule has 3 fully saturated rings. The van der Waals surface area contributed by atoms with Crippen molar-refractivity contribution in [3.63, 3.8) is 0 Å². The number of aliphatic hydroxyl groups is 2.